The first-order valence-corrected chi connectivity index (χ1v) is 15.3. The molecular formula is C33H39N4O6ReS-. The topological polar surface area (TPSA) is 158 Å². The van der Waals surface area contributed by atoms with Crippen molar-refractivity contribution in [3.8, 4) is 0 Å². The average molecular weight is 806 g/mol. The van der Waals surface area contributed by atoms with E-state index in [1.54, 1.807) is 24.3 Å². The molecule has 3 rings (SSSR count). The SMILES string of the molecule is O=C(CCCCCCCCCCN(Cc1ccccn1)Cc1ccccn1)Cc1ccc(NS(=O)[O-])cc1.[C-]#[O+].[C-]#[O+].[C-]#[O+].[Re]. The van der Waals surface area contributed by atoms with Crippen LogP contribution in [0.5, 0.6) is 0 Å². The van der Waals surface area contributed by atoms with Gasteiger partial charge in [-0.15, -0.1) is 0 Å². The minimum atomic E-state index is -2.33. The van der Waals surface area contributed by atoms with Crippen LogP contribution in [0.4, 0.5) is 5.69 Å². The fourth-order valence-electron chi connectivity index (χ4n) is 4.48. The van der Waals surface area contributed by atoms with E-state index in [9.17, 15) is 13.6 Å². The molecule has 12 heteroatoms. The summed E-state index contributed by atoms with van der Waals surface area (Å²) in [7, 11) is 0. The van der Waals surface area contributed by atoms with Crippen molar-refractivity contribution in [3.63, 3.8) is 0 Å². The number of nitrogens with one attached hydrogen (secondary N) is 1. The maximum atomic E-state index is 12.2. The Morgan fingerprint density at radius 1 is 0.733 bits per heavy atom. The van der Waals surface area contributed by atoms with Crippen LogP contribution in [-0.2, 0) is 70.0 Å². The van der Waals surface area contributed by atoms with Crippen LogP contribution in [-0.4, -0.2) is 36.0 Å². The second kappa shape index (κ2) is 30.9. The number of anilines is 1. The molecule has 1 radical (unpaired) electrons. The molecule has 2 aromatic heterocycles. The van der Waals surface area contributed by atoms with E-state index < -0.39 is 11.3 Å². The van der Waals surface area contributed by atoms with Crippen LogP contribution in [0.1, 0.15) is 74.7 Å². The summed E-state index contributed by atoms with van der Waals surface area (Å²) in [5.74, 6) is 0.235. The first-order chi connectivity index (χ1) is 21.6. The minimum absolute atomic E-state index is 0. The van der Waals surface area contributed by atoms with Crippen molar-refractivity contribution in [1.29, 1.82) is 0 Å². The molecule has 0 aliphatic rings. The molecule has 45 heavy (non-hydrogen) atoms. The maximum Gasteiger partial charge on any atom is 0 e. The number of pyridine rings is 2. The summed E-state index contributed by atoms with van der Waals surface area (Å²) in [5.41, 5.74) is 3.59. The van der Waals surface area contributed by atoms with Crippen molar-refractivity contribution in [2.45, 2.75) is 77.3 Å². The molecular weight excluding hydrogens is 767 g/mol. The van der Waals surface area contributed by atoms with E-state index in [1.807, 2.05) is 36.7 Å². The van der Waals surface area contributed by atoms with Gasteiger partial charge in [0.05, 0.1) is 11.4 Å². The molecule has 241 valence electrons. The van der Waals surface area contributed by atoms with E-state index in [-0.39, 0.29) is 26.2 Å². The van der Waals surface area contributed by atoms with Crippen LogP contribution >= 0.6 is 0 Å². The molecule has 3 aromatic rings. The molecule has 0 amide bonds. The maximum absolute atomic E-state index is 12.2. The number of unbranched alkanes of at least 4 members (excludes halogenated alkanes) is 7. The normalized spacial score (nSPS) is 10.2. The number of nitrogens with zero attached hydrogens (tertiary/aromatic N) is 3. The molecule has 1 aromatic carbocycles. The Morgan fingerprint density at radius 2 is 1.20 bits per heavy atom. The molecule has 1 unspecified atom stereocenters. The van der Waals surface area contributed by atoms with Gasteiger partial charge in [0.1, 0.15) is 5.78 Å². The average Bonchev–Trinajstić information content (AvgIpc) is 3.06. The van der Waals surface area contributed by atoms with Crippen LogP contribution < -0.4 is 4.72 Å². The van der Waals surface area contributed by atoms with Gasteiger partial charge in [-0.3, -0.25) is 23.9 Å². The standard InChI is InChI=1S/C30H40N4O3S.3CO.Re/c35-30(23-26-16-18-27(19-17-26)33-38(36)37)15-7-5-3-1-2-4-6-12-22-34(24-28-13-8-10-20-31-28)25-29-14-9-11-21-32-29;3*1-2;/h8-11,13-14,16-21,33H,1-7,12,15,22-25H2,(H,36,37);;;;/p-1. The molecule has 0 aliphatic carbocycles. The third-order valence-electron chi connectivity index (χ3n) is 6.46. The Balaban J connectivity index is 0. The summed E-state index contributed by atoms with van der Waals surface area (Å²) >= 11 is -2.33. The first kappa shape index (κ1) is 44.1. The van der Waals surface area contributed by atoms with Gasteiger partial charge in [0, 0.05) is 75.7 Å². The number of hydrogen-bond donors (Lipinski definition) is 1. The molecule has 1 atom stereocenters. The molecule has 0 aliphatic heterocycles. The fourth-order valence-corrected chi connectivity index (χ4v) is 4.81. The zero-order chi connectivity index (χ0) is 32.8. The number of carbonyl (C=O) groups excluding carboxylic acids is 1. The zero-order valence-corrected chi connectivity index (χ0v) is 28.7. The van der Waals surface area contributed by atoms with Gasteiger partial charge in [-0.1, -0.05) is 62.8 Å². The number of ketones is 1. The molecule has 0 fully saturated rings. The second-order valence-corrected chi connectivity index (χ2v) is 10.4. The van der Waals surface area contributed by atoms with Crippen LogP contribution in [0.25, 0.3) is 0 Å². The van der Waals surface area contributed by atoms with Crippen molar-refractivity contribution >= 4 is 22.7 Å². The molecule has 0 saturated carbocycles. The van der Waals surface area contributed by atoms with Gasteiger partial charge >= 0.3 is 33.9 Å². The van der Waals surface area contributed by atoms with Crippen molar-refractivity contribution in [2.24, 2.45) is 0 Å². The molecule has 0 saturated heterocycles. The first-order valence-electron chi connectivity index (χ1n) is 14.2. The molecule has 1 N–H and O–H groups in total. The van der Waals surface area contributed by atoms with Gasteiger partial charge in [-0.05, 0) is 61.3 Å². The van der Waals surface area contributed by atoms with Gasteiger partial charge in [0.25, 0.3) is 0 Å². The van der Waals surface area contributed by atoms with Crippen molar-refractivity contribution in [1.82, 2.24) is 14.9 Å². The van der Waals surface area contributed by atoms with Gasteiger partial charge in [0.2, 0.25) is 0 Å². The molecule has 0 spiro atoms. The largest absolute Gasteiger partial charge is 0 e. The van der Waals surface area contributed by atoms with Crippen molar-refractivity contribution < 1.29 is 47.9 Å². The van der Waals surface area contributed by atoms with E-state index in [1.165, 1.54) is 38.5 Å². The number of benzene rings is 1. The summed E-state index contributed by atoms with van der Waals surface area (Å²) in [5, 5.41) is 0. The van der Waals surface area contributed by atoms with Gasteiger partial charge in [-0.2, -0.15) is 0 Å². The summed E-state index contributed by atoms with van der Waals surface area (Å²) in [6, 6.07) is 19.1. The second-order valence-electron chi connectivity index (χ2n) is 9.68. The smallest absolute Gasteiger partial charge is 0 e. The van der Waals surface area contributed by atoms with Gasteiger partial charge in [-0.25, -0.2) is 0 Å². The molecule has 0 bridgehead atoms. The van der Waals surface area contributed by atoms with E-state index >= 15 is 0 Å². The number of rotatable bonds is 19. The van der Waals surface area contributed by atoms with Crippen LogP contribution in [0.15, 0.2) is 73.1 Å². The van der Waals surface area contributed by atoms with Crippen molar-refractivity contribution in [3.05, 3.63) is 110 Å². The number of hydrogen-bond acceptors (Lipinski definition) is 6. The fraction of sp³-hybridized carbons (Fsp3) is 0.394. The zero-order valence-electron chi connectivity index (χ0n) is 25.2. The van der Waals surface area contributed by atoms with Crippen LogP contribution in [0.2, 0.25) is 0 Å². The molecule has 2 heterocycles. The van der Waals surface area contributed by atoms with Gasteiger partial charge < -0.3 is 9.27 Å². The number of carbonyl (C=O) groups is 1. The number of Topliss-reactive ketones (excluding diaryl/α,β-unsaturated/α-hetero) is 1. The third-order valence-corrected chi connectivity index (χ3v) is 6.86. The molecule has 10 nitrogen and oxygen atoms in total. The van der Waals surface area contributed by atoms with Crippen molar-refractivity contribution in [2.75, 3.05) is 11.3 Å². The Labute approximate surface area is 283 Å². The van der Waals surface area contributed by atoms with E-state index in [0.29, 0.717) is 18.5 Å². The number of aromatic nitrogens is 2. The summed E-state index contributed by atoms with van der Waals surface area (Å²) in [6.07, 6.45) is 14.0. The predicted molar refractivity (Wildman–Crippen MR) is 164 cm³/mol. The Morgan fingerprint density at radius 3 is 1.64 bits per heavy atom. The summed E-state index contributed by atoms with van der Waals surface area (Å²) in [6.45, 7) is 16.2. The van der Waals surface area contributed by atoms with Crippen LogP contribution in [0.3, 0.4) is 0 Å². The monoisotopic (exact) mass is 806 g/mol. The Hall–Kier alpha value is -3.06. The quantitative estimate of drug-likeness (QED) is 0.0689. The summed E-state index contributed by atoms with van der Waals surface area (Å²) in [4.78, 5) is 23.7. The van der Waals surface area contributed by atoms with E-state index in [0.717, 1.165) is 49.4 Å². The Bertz CT molecular complexity index is 1170. The van der Waals surface area contributed by atoms with E-state index in [4.69, 9.17) is 14.0 Å². The predicted octanol–water partition coefficient (Wildman–Crippen LogP) is 5.89. The minimum Gasteiger partial charge on any atom is 0 e. The van der Waals surface area contributed by atoms with Gasteiger partial charge in [0.15, 0.2) is 0 Å². The summed E-state index contributed by atoms with van der Waals surface area (Å²) < 4.78 is 46.1. The third kappa shape index (κ3) is 23.0. The van der Waals surface area contributed by atoms with Crippen LogP contribution in [0, 0.1) is 20.0 Å². The van der Waals surface area contributed by atoms with E-state index in [2.05, 4.69) is 51.7 Å². The Kier molecular flexibility index (Phi) is 30.3.